The Morgan fingerprint density at radius 1 is 1.42 bits per heavy atom. The van der Waals surface area contributed by atoms with Crippen LogP contribution in [0.4, 0.5) is 0 Å². The Hall–Kier alpha value is -2.01. The number of rotatable bonds is 4. The van der Waals surface area contributed by atoms with Crippen molar-refractivity contribution >= 4 is 17.6 Å². The number of halogens is 1. The van der Waals surface area contributed by atoms with Crippen LogP contribution in [0.5, 0.6) is 0 Å². The van der Waals surface area contributed by atoms with Gasteiger partial charge in [0.25, 0.3) is 5.56 Å². The number of hydrogen-bond donors (Lipinski definition) is 1. The lowest BCUT2D eigenvalue weighted by atomic mass is 10.3. The van der Waals surface area contributed by atoms with Crippen LogP contribution in [0, 0.1) is 0 Å². The van der Waals surface area contributed by atoms with Crippen molar-refractivity contribution in [3.63, 3.8) is 0 Å². The number of nitrogens with one attached hydrogen (secondary N) is 1. The first-order valence-electron chi connectivity index (χ1n) is 5.83. The molecule has 0 aliphatic heterocycles. The molecule has 0 bridgehead atoms. The van der Waals surface area contributed by atoms with Crippen molar-refractivity contribution < 1.29 is 9.53 Å². The monoisotopic (exact) mass is 280 g/mol. The van der Waals surface area contributed by atoms with Gasteiger partial charge in [-0.1, -0.05) is 23.7 Å². The fourth-order valence-electron chi connectivity index (χ4n) is 1.71. The van der Waals surface area contributed by atoms with Crippen LogP contribution in [0.3, 0.4) is 0 Å². The molecule has 0 aliphatic rings. The maximum atomic E-state index is 11.9. The van der Waals surface area contributed by atoms with E-state index in [9.17, 15) is 9.59 Å². The van der Waals surface area contributed by atoms with Gasteiger partial charge in [-0.05, 0) is 19.1 Å². The van der Waals surface area contributed by atoms with Crippen LogP contribution >= 0.6 is 11.6 Å². The van der Waals surface area contributed by atoms with Gasteiger partial charge in [0.05, 0.1) is 23.7 Å². The summed E-state index contributed by atoms with van der Waals surface area (Å²) in [5, 5.41) is 3.30. The van der Waals surface area contributed by atoms with Crippen molar-refractivity contribution in [3.8, 4) is 5.69 Å². The van der Waals surface area contributed by atoms with Crippen LogP contribution < -0.4 is 5.56 Å². The van der Waals surface area contributed by atoms with Crippen molar-refractivity contribution in [1.29, 1.82) is 0 Å². The van der Waals surface area contributed by atoms with E-state index < -0.39 is 0 Å². The first kappa shape index (κ1) is 13.4. The molecule has 0 radical (unpaired) electrons. The Morgan fingerprint density at radius 3 is 2.84 bits per heavy atom. The Labute approximate surface area is 114 Å². The lowest BCUT2D eigenvalue weighted by Gasteiger charge is -2.04. The largest absolute Gasteiger partial charge is 0.466 e. The summed E-state index contributed by atoms with van der Waals surface area (Å²) in [6, 6.07) is 8.32. The number of aromatic amines is 1. The van der Waals surface area contributed by atoms with Gasteiger partial charge >= 0.3 is 5.97 Å². The molecule has 1 aromatic heterocycles. The van der Waals surface area contributed by atoms with Crippen molar-refractivity contribution in [1.82, 2.24) is 9.78 Å². The van der Waals surface area contributed by atoms with Gasteiger partial charge in [0.15, 0.2) is 0 Å². The topological polar surface area (TPSA) is 64.1 Å². The number of benzene rings is 1. The molecule has 100 valence electrons. The maximum absolute atomic E-state index is 11.9. The number of carbonyl (C=O) groups excluding carboxylic acids is 1. The highest BCUT2D eigenvalue weighted by molar-refractivity contribution is 6.32. The zero-order chi connectivity index (χ0) is 13.8. The van der Waals surface area contributed by atoms with Gasteiger partial charge in [-0.25, -0.2) is 4.68 Å². The molecule has 0 amide bonds. The summed E-state index contributed by atoms with van der Waals surface area (Å²) in [6.45, 7) is 2.05. The number of carbonyl (C=O) groups is 1. The lowest BCUT2D eigenvalue weighted by molar-refractivity contribution is -0.142. The first-order chi connectivity index (χ1) is 9.11. The molecule has 0 saturated carbocycles. The maximum Gasteiger partial charge on any atom is 0.311 e. The lowest BCUT2D eigenvalue weighted by Crippen LogP contribution is -2.13. The third-order valence-corrected chi connectivity index (χ3v) is 2.83. The van der Waals surface area contributed by atoms with Gasteiger partial charge in [0.2, 0.25) is 0 Å². The minimum atomic E-state index is -0.380. The highest BCUT2D eigenvalue weighted by atomic mass is 35.5. The normalized spacial score (nSPS) is 10.4. The zero-order valence-corrected chi connectivity index (χ0v) is 11.1. The molecule has 6 heteroatoms. The number of ether oxygens (including phenoxy) is 1. The molecule has 0 aliphatic carbocycles. The number of aromatic nitrogens is 2. The van der Waals surface area contributed by atoms with Crippen molar-refractivity contribution in [3.05, 3.63) is 51.4 Å². The second-order valence-corrected chi connectivity index (χ2v) is 4.30. The highest BCUT2D eigenvalue weighted by Crippen LogP contribution is 2.17. The van der Waals surface area contributed by atoms with E-state index in [1.165, 1.54) is 10.7 Å². The minimum absolute atomic E-state index is 0.0283. The molecule has 2 aromatic rings. The van der Waals surface area contributed by atoms with Gasteiger partial charge in [-0.15, -0.1) is 0 Å². The number of H-pyrrole nitrogens is 1. The molecule has 1 N–H and O–H groups in total. The second kappa shape index (κ2) is 5.75. The van der Waals surface area contributed by atoms with Gasteiger partial charge in [-0.2, -0.15) is 0 Å². The SMILES string of the molecule is CCOC(=O)Cc1cc(=O)n(-c2ccccc2Cl)[nH]1. The average molecular weight is 281 g/mol. The van der Waals surface area contributed by atoms with E-state index in [0.29, 0.717) is 23.0 Å². The minimum Gasteiger partial charge on any atom is -0.466 e. The second-order valence-electron chi connectivity index (χ2n) is 3.89. The van der Waals surface area contributed by atoms with Crippen LogP contribution in [0.25, 0.3) is 5.69 Å². The molecule has 0 unspecified atom stereocenters. The first-order valence-corrected chi connectivity index (χ1v) is 6.21. The smallest absolute Gasteiger partial charge is 0.311 e. The summed E-state index contributed by atoms with van der Waals surface area (Å²) in [5.41, 5.74) is 0.764. The quantitative estimate of drug-likeness (QED) is 0.870. The van der Waals surface area contributed by atoms with Gasteiger partial charge < -0.3 is 4.74 Å². The number of nitrogens with zero attached hydrogens (tertiary/aromatic N) is 1. The number of para-hydroxylation sites is 1. The van der Waals surface area contributed by atoms with E-state index in [1.807, 2.05) is 0 Å². The van der Waals surface area contributed by atoms with E-state index in [4.69, 9.17) is 16.3 Å². The number of hydrogen-bond acceptors (Lipinski definition) is 3. The molecule has 0 atom stereocenters. The summed E-state index contributed by atoms with van der Waals surface area (Å²) in [7, 11) is 0. The fourth-order valence-corrected chi connectivity index (χ4v) is 1.93. The van der Waals surface area contributed by atoms with Crippen molar-refractivity contribution in [2.75, 3.05) is 6.61 Å². The van der Waals surface area contributed by atoms with Gasteiger partial charge in [0, 0.05) is 11.8 Å². The van der Waals surface area contributed by atoms with Crippen LogP contribution in [-0.2, 0) is 16.0 Å². The summed E-state index contributed by atoms with van der Waals surface area (Å²) < 4.78 is 6.13. The van der Waals surface area contributed by atoms with E-state index >= 15 is 0 Å². The summed E-state index contributed by atoms with van der Waals surface area (Å²) in [4.78, 5) is 23.2. The van der Waals surface area contributed by atoms with E-state index in [2.05, 4.69) is 5.10 Å². The Kier molecular flexibility index (Phi) is 4.06. The summed E-state index contributed by atoms with van der Waals surface area (Å²) >= 11 is 6.02. The van der Waals surface area contributed by atoms with Gasteiger partial charge in [0.1, 0.15) is 0 Å². The molecule has 1 heterocycles. The average Bonchev–Trinajstić information content (AvgIpc) is 2.71. The van der Waals surface area contributed by atoms with Crippen molar-refractivity contribution in [2.24, 2.45) is 0 Å². The third kappa shape index (κ3) is 3.06. The van der Waals surface area contributed by atoms with Crippen LogP contribution in [0.1, 0.15) is 12.6 Å². The van der Waals surface area contributed by atoms with E-state index in [-0.39, 0.29) is 17.9 Å². The van der Waals surface area contributed by atoms with Crippen LogP contribution in [0.15, 0.2) is 35.1 Å². The predicted octanol–water partition coefficient (Wildman–Crippen LogP) is 1.92. The van der Waals surface area contributed by atoms with E-state index in [0.717, 1.165) is 0 Å². The Bertz CT molecular complexity index is 645. The molecular weight excluding hydrogens is 268 g/mol. The highest BCUT2D eigenvalue weighted by Gasteiger charge is 2.11. The standard InChI is InChI=1S/C13H13ClN2O3/c1-2-19-13(18)8-9-7-12(17)16(15-9)11-6-4-3-5-10(11)14/h3-7,15H,2,8H2,1H3. The molecule has 2 rings (SSSR count). The Balaban J connectivity index is 2.30. The third-order valence-electron chi connectivity index (χ3n) is 2.51. The van der Waals surface area contributed by atoms with Crippen LogP contribution in [0.2, 0.25) is 5.02 Å². The number of esters is 1. The van der Waals surface area contributed by atoms with E-state index in [1.54, 1.807) is 31.2 Å². The molecule has 19 heavy (non-hydrogen) atoms. The van der Waals surface area contributed by atoms with Crippen molar-refractivity contribution in [2.45, 2.75) is 13.3 Å². The molecule has 5 nitrogen and oxygen atoms in total. The summed E-state index contributed by atoms with van der Waals surface area (Å²) in [6.07, 6.45) is 0.0283. The Morgan fingerprint density at radius 2 is 2.16 bits per heavy atom. The van der Waals surface area contributed by atoms with Crippen LogP contribution in [-0.4, -0.2) is 22.4 Å². The molecule has 0 fully saturated rings. The molecule has 0 saturated heterocycles. The van der Waals surface area contributed by atoms with Gasteiger partial charge in [-0.3, -0.25) is 14.7 Å². The fraction of sp³-hybridized carbons (Fsp3) is 0.231. The molecule has 1 aromatic carbocycles. The zero-order valence-electron chi connectivity index (χ0n) is 10.4. The molecule has 0 spiro atoms. The molecular formula is C13H13ClN2O3. The summed E-state index contributed by atoms with van der Waals surface area (Å²) in [5.74, 6) is -0.380. The predicted molar refractivity (Wildman–Crippen MR) is 71.7 cm³/mol.